The zero-order chi connectivity index (χ0) is 21.9. The molecular formula is C24H21FN6O. The molecule has 2 aromatic heterocycles. The number of aromatic nitrogens is 4. The Morgan fingerprint density at radius 2 is 1.97 bits per heavy atom. The fourth-order valence-electron chi connectivity index (χ4n) is 3.85. The third-order valence-corrected chi connectivity index (χ3v) is 5.47. The van der Waals surface area contributed by atoms with E-state index in [0.29, 0.717) is 5.56 Å². The molecule has 0 saturated heterocycles. The summed E-state index contributed by atoms with van der Waals surface area (Å²) in [5, 5.41) is 11.5. The molecule has 2 aromatic carbocycles. The molecule has 0 saturated carbocycles. The summed E-state index contributed by atoms with van der Waals surface area (Å²) < 4.78 is 15.3. The first-order valence-corrected chi connectivity index (χ1v) is 10.4. The maximum atomic E-state index is 13.7. The first-order valence-electron chi connectivity index (χ1n) is 10.4. The first kappa shape index (κ1) is 20.0. The van der Waals surface area contributed by atoms with E-state index in [0.717, 1.165) is 41.6 Å². The van der Waals surface area contributed by atoms with Crippen molar-refractivity contribution in [3.05, 3.63) is 90.0 Å². The van der Waals surface area contributed by atoms with Crippen LogP contribution in [0.5, 0.6) is 0 Å². The van der Waals surface area contributed by atoms with Crippen LogP contribution >= 0.6 is 0 Å². The molecule has 0 atom stereocenters. The van der Waals surface area contributed by atoms with Crippen LogP contribution in [0.2, 0.25) is 0 Å². The third-order valence-electron chi connectivity index (χ3n) is 5.47. The zero-order valence-corrected chi connectivity index (χ0v) is 17.3. The first-order chi connectivity index (χ1) is 15.7. The molecule has 4 aromatic rings. The Labute approximate surface area is 184 Å². The highest BCUT2D eigenvalue weighted by Gasteiger charge is 2.19. The predicted octanol–water partition coefficient (Wildman–Crippen LogP) is 3.19. The number of carbonyl (C=O) groups excluding carboxylic acids is 1. The third kappa shape index (κ3) is 4.13. The molecule has 1 aliphatic heterocycles. The van der Waals surface area contributed by atoms with E-state index >= 15 is 0 Å². The SMILES string of the molecule is O=C(Cn1nnc2ccccc21)N(Cc1cncc(F)c1)c1ccc(C2=CCNC2)cc1. The number of nitrogens with one attached hydrogen (secondary N) is 1. The van der Waals surface area contributed by atoms with Gasteiger partial charge >= 0.3 is 0 Å². The Balaban J connectivity index is 1.45. The highest BCUT2D eigenvalue weighted by Crippen LogP contribution is 2.23. The molecule has 0 unspecified atom stereocenters. The fraction of sp³-hybridized carbons (Fsp3) is 0.167. The largest absolute Gasteiger partial charge is 0.309 e. The number of rotatable bonds is 6. The van der Waals surface area contributed by atoms with E-state index in [9.17, 15) is 9.18 Å². The Kier molecular flexibility index (Phi) is 5.43. The normalized spacial score (nSPS) is 13.3. The number of halogens is 1. The second-order valence-electron chi connectivity index (χ2n) is 7.63. The van der Waals surface area contributed by atoms with Gasteiger partial charge in [-0.3, -0.25) is 9.78 Å². The molecular weight excluding hydrogens is 407 g/mol. The lowest BCUT2D eigenvalue weighted by Crippen LogP contribution is -2.33. The molecule has 1 amide bonds. The van der Waals surface area contributed by atoms with Crippen molar-refractivity contribution in [2.24, 2.45) is 0 Å². The van der Waals surface area contributed by atoms with Crippen molar-refractivity contribution in [1.82, 2.24) is 25.3 Å². The van der Waals surface area contributed by atoms with Gasteiger partial charge in [0.25, 0.3) is 0 Å². The Morgan fingerprint density at radius 1 is 1.12 bits per heavy atom. The van der Waals surface area contributed by atoms with Crippen LogP contribution < -0.4 is 10.2 Å². The van der Waals surface area contributed by atoms with Crippen LogP contribution in [0.15, 0.2) is 73.1 Å². The Bertz CT molecular complexity index is 1300. The van der Waals surface area contributed by atoms with Crippen molar-refractivity contribution in [3.8, 4) is 0 Å². The number of amides is 1. The molecule has 1 N–H and O–H groups in total. The summed E-state index contributed by atoms with van der Waals surface area (Å²) in [4.78, 5) is 18.9. The molecule has 1 aliphatic rings. The van der Waals surface area contributed by atoms with E-state index in [-0.39, 0.29) is 19.0 Å². The lowest BCUT2D eigenvalue weighted by molar-refractivity contribution is -0.119. The topological polar surface area (TPSA) is 75.9 Å². The number of para-hydroxylation sites is 1. The van der Waals surface area contributed by atoms with Gasteiger partial charge in [-0.15, -0.1) is 5.10 Å². The summed E-state index contributed by atoms with van der Waals surface area (Å²) >= 11 is 0. The lowest BCUT2D eigenvalue weighted by atomic mass is 10.1. The maximum absolute atomic E-state index is 13.7. The van der Waals surface area contributed by atoms with E-state index in [2.05, 4.69) is 26.7 Å². The van der Waals surface area contributed by atoms with Gasteiger partial charge in [-0.05, 0) is 47.0 Å². The summed E-state index contributed by atoms with van der Waals surface area (Å²) in [6, 6.07) is 16.7. The van der Waals surface area contributed by atoms with Crippen LogP contribution in [0, 0.1) is 5.82 Å². The molecule has 160 valence electrons. The van der Waals surface area contributed by atoms with E-state index in [4.69, 9.17) is 0 Å². The van der Waals surface area contributed by atoms with Crippen molar-refractivity contribution in [3.63, 3.8) is 0 Å². The van der Waals surface area contributed by atoms with E-state index in [1.165, 1.54) is 11.6 Å². The predicted molar refractivity (Wildman–Crippen MR) is 120 cm³/mol. The number of hydrogen-bond donors (Lipinski definition) is 1. The van der Waals surface area contributed by atoms with Crippen LogP contribution in [0.3, 0.4) is 0 Å². The minimum absolute atomic E-state index is 0.0140. The highest BCUT2D eigenvalue weighted by molar-refractivity contribution is 5.94. The Hall–Kier alpha value is -3.91. The minimum Gasteiger partial charge on any atom is -0.309 e. The second-order valence-corrected chi connectivity index (χ2v) is 7.63. The average molecular weight is 428 g/mol. The smallest absolute Gasteiger partial charge is 0.249 e. The number of pyridine rings is 1. The van der Waals surface area contributed by atoms with Gasteiger partial charge in [-0.2, -0.15) is 0 Å². The number of nitrogens with zero attached hydrogens (tertiary/aromatic N) is 5. The van der Waals surface area contributed by atoms with Crippen molar-refractivity contribution < 1.29 is 9.18 Å². The molecule has 0 aliphatic carbocycles. The quantitative estimate of drug-likeness (QED) is 0.511. The summed E-state index contributed by atoms with van der Waals surface area (Å²) in [6.45, 7) is 1.90. The van der Waals surface area contributed by atoms with Gasteiger partial charge in [-0.1, -0.05) is 35.6 Å². The van der Waals surface area contributed by atoms with Gasteiger partial charge in [0.15, 0.2) is 0 Å². The Morgan fingerprint density at radius 3 is 2.75 bits per heavy atom. The van der Waals surface area contributed by atoms with Crippen molar-refractivity contribution >= 4 is 28.2 Å². The lowest BCUT2D eigenvalue weighted by Gasteiger charge is -2.23. The van der Waals surface area contributed by atoms with Crippen molar-refractivity contribution in [2.45, 2.75) is 13.1 Å². The molecule has 0 spiro atoms. The van der Waals surface area contributed by atoms with Crippen LogP contribution in [-0.4, -0.2) is 39.0 Å². The molecule has 0 fully saturated rings. The minimum atomic E-state index is -0.437. The highest BCUT2D eigenvalue weighted by atomic mass is 19.1. The van der Waals surface area contributed by atoms with E-state index in [1.807, 2.05) is 48.5 Å². The van der Waals surface area contributed by atoms with Crippen LogP contribution in [0.1, 0.15) is 11.1 Å². The summed E-state index contributed by atoms with van der Waals surface area (Å²) in [5.41, 5.74) is 5.18. The van der Waals surface area contributed by atoms with E-state index < -0.39 is 5.82 Å². The number of anilines is 1. The zero-order valence-electron chi connectivity index (χ0n) is 17.3. The molecule has 5 rings (SSSR count). The molecule has 7 nitrogen and oxygen atoms in total. The maximum Gasteiger partial charge on any atom is 0.249 e. The molecule has 8 heteroatoms. The van der Waals surface area contributed by atoms with Crippen molar-refractivity contribution in [2.75, 3.05) is 18.0 Å². The number of hydrogen-bond acceptors (Lipinski definition) is 5. The van der Waals surface area contributed by atoms with Gasteiger partial charge in [0, 0.05) is 25.0 Å². The van der Waals surface area contributed by atoms with Gasteiger partial charge in [0.1, 0.15) is 17.9 Å². The van der Waals surface area contributed by atoms with Crippen LogP contribution in [0.4, 0.5) is 10.1 Å². The number of benzene rings is 2. The van der Waals surface area contributed by atoms with Crippen LogP contribution in [0.25, 0.3) is 16.6 Å². The number of fused-ring (bicyclic) bond motifs is 1. The molecule has 32 heavy (non-hydrogen) atoms. The molecule has 0 radical (unpaired) electrons. The van der Waals surface area contributed by atoms with Gasteiger partial charge < -0.3 is 10.2 Å². The van der Waals surface area contributed by atoms with Gasteiger partial charge in [0.05, 0.1) is 18.3 Å². The average Bonchev–Trinajstić information content (AvgIpc) is 3.49. The summed E-state index contributed by atoms with van der Waals surface area (Å²) in [6.07, 6.45) is 4.87. The van der Waals surface area contributed by atoms with Gasteiger partial charge in [0.2, 0.25) is 5.91 Å². The summed E-state index contributed by atoms with van der Waals surface area (Å²) in [5.74, 6) is -0.618. The molecule has 0 bridgehead atoms. The molecule has 3 heterocycles. The standard InChI is InChI=1S/C24H21FN6O/c25-20-11-17(12-27-14-20)15-30(21-7-5-18(6-8-21)19-9-10-26-13-19)24(32)16-31-23-4-2-1-3-22(23)28-29-31/h1-9,11-12,14,26H,10,13,15-16H2. The van der Waals surface area contributed by atoms with Gasteiger partial charge in [-0.25, -0.2) is 9.07 Å². The fourth-order valence-corrected chi connectivity index (χ4v) is 3.85. The monoisotopic (exact) mass is 428 g/mol. The van der Waals surface area contributed by atoms with Crippen molar-refractivity contribution in [1.29, 1.82) is 0 Å². The number of carbonyl (C=O) groups is 1. The van der Waals surface area contributed by atoms with E-state index in [1.54, 1.807) is 15.8 Å². The second kappa shape index (κ2) is 8.68. The van der Waals surface area contributed by atoms with Crippen LogP contribution in [-0.2, 0) is 17.9 Å². The summed E-state index contributed by atoms with van der Waals surface area (Å²) in [7, 11) is 0.